The molecule has 168 valence electrons. The Labute approximate surface area is 195 Å². The minimum absolute atomic E-state index is 0.236. The molecule has 0 radical (unpaired) electrons. The molecule has 0 spiro atoms. The van der Waals surface area contributed by atoms with Crippen molar-refractivity contribution >= 4 is 28.5 Å². The number of amides is 1. The molecule has 0 bridgehead atoms. The van der Waals surface area contributed by atoms with Crippen molar-refractivity contribution in [1.29, 1.82) is 0 Å². The molecule has 4 rings (SSSR count). The molecule has 0 saturated heterocycles. The highest BCUT2D eigenvalue weighted by atomic mass is 35.5. The number of hydrogen-bond donors (Lipinski definition) is 0. The normalized spacial score (nSPS) is 10.9. The van der Waals surface area contributed by atoms with E-state index in [1.54, 1.807) is 12.1 Å². The number of nitrogens with zero attached hydrogens (tertiary/aromatic N) is 2. The topological polar surface area (TPSA) is 91.0 Å². The van der Waals surface area contributed by atoms with Crippen molar-refractivity contribution in [1.82, 2.24) is 5.16 Å². The Morgan fingerprint density at radius 2 is 1.85 bits per heavy atom. The second-order valence-electron chi connectivity index (χ2n) is 7.57. The van der Waals surface area contributed by atoms with E-state index in [2.05, 4.69) is 17.3 Å². The van der Waals surface area contributed by atoms with E-state index in [-0.39, 0.29) is 10.8 Å². The lowest BCUT2D eigenvalue weighted by atomic mass is 9.98. The fraction of sp³-hybridized carbons (Fsp3) is 0.200. The van der Waals surface area contributed by atoms with E-state index in [1.165, 1.54) is 0 Å². The lowest BCUT2D eigenvalue weighted by Gasteiger charge is -2.12. The van der Waals surface area contributed by atoms with E-state index in [0.29, 0.717) is 16.7 Å². The Bertz CT molecular complexity index is 1310. The van der Waals surface area contributed by atoms with E-state index in [9.17, 15) is 9.70 Å². The maximum absolute atomic E-state index is 11.2. The third kappa shape index (κ3) is 5.04. The fourth-order valence-electron chi connectivity index (χ4n) is 3.49. The van der Waals surface area contributed by atoms with Crippen LogP contribution in [0.15, 0.2) is 64.3 Å². The van der Waals surface area contributed by atoms with Gasteiger partial charge in [0.05, 0.1) is 10.4 Å². The summed E-state index contributed by atoms with van der Waals surface area (Å²) in [5.41, 5.74) is 4.21. The predicted molar refractivity (Wildman–Crippen MR) is 126 cm³/mol. The number of carbonyl (C=O) groups is 1. The number of rotatable bonds is 8. The molecule has 0 atom stereocenters. The van der Waals surface area contributed by atoms with Crippen LogP contribution < -0.4 is 9.47 Å². The SMILES string of the molecule is CCCc1cc(Oc2ccc(C)cc2)ccc1-c1noc2cc(Cl)c(OCC(=O)N=O)cc12. The van der Waals surface area contributed by atoms with Gasteiger partial charge in [0.2, 0.25) is 0 Å². The first-order chi connectivity index (χ1) is 16.0. The molecule has 0 aliphatic heterocycles. The van der Waals surface area contributed by atoms with Crippen LogP contribution in [-0.4, -0.2) is 17.7 Å². The van der Waals surface area contributed by atoms with Gasteiger partial charge in [0, 0.05) is 16.8 Å². The zero-order valence-corrected chi connectivity index (χ0v) is 18.9. The lowest BCUT2D eigenvalue weighted by Crippen LogP contribution is -2.07. The van der Waals surface area contributed by atoms with Gasteiger partial charge in [-0.3, -0.25) is 4.79 Å². The van der Waals surface area contributed by atoms with E-state index in [0.717, 1.165) is 41.0 Å². The van der Waals surface area contributed by atoms with Crippen LogP contribution in [0.5, 0.6) is 17.2 Å². The standard InChI is InChI=1S/C25H21ClN2O5/c1-3-4-16-11-18(32-17-7-5-15(2)6-8-17)9-10-19(16)25-20-12-23(31-14-24(29)27-30)21(26)13-22(20)33-28-25/h5-13H,3-4,14H2,1-2H3. The van der Waals surface area contributed by atoms with Gasteiger partial charge in [0.25, 0.3) is 0 Å². The minimum Gasteiger partial charge on any atom is -0.482 e. The van der Waals surface area contributed by atoms with Gasteiger partial charge < -0.3 is 14.0 Å². The predicted octanol–water partition coefficient (Wildman–Crippen LogP) is 6.87. The van der Waals surface area contributed by atoms with Crippen molar-refractivity contribution in [3.8, 4) is 28.5 Å². The van der Waals surface area contributed by atoms with Crippen LogP contribution in [-0.2, 0) is 11.2 Å². The van der Waals surface area contributed by atoms with Crippen LogP contribution in [0.4, 0.5) is 0 Å². The van der Waals surface area contributed by atoms with Crippen LogP contribution >= 0.6 is 11.6 Å². The van der Waals surface area contributed by atoms with E-state index >= 15 is 0 Å². The molecule has 0 N–H and O–H groups in total. The van der Waals surface area contributed by atoms with Gasteiger partial charge >= 0.3 is 5.91 Å². The van der Waals surface area contributed by atoms with Gasteiger partial charge in [-0.2, -0.15) is 0 Å². The summed E-state index contributed by atoms with van der Waals surface area (Å²) in [4.78, 5) is 21.5. The molecule has 1 amide bonds. The number of aromatic nitrogens is 1. The highest BCUT2D eigenvalue weighted by molar-refractivity contribution is 6.32. The molecule has 0 aliphatic carbocycles. The molecule has 4 aromatic rings. The molecular weight excluding hydrogens is 444 g/mol. The third-order valence-corrected chi connectivity index (χ3v) is 5.38. The lowest BCUT2D eigenvalue weighted by molar-refractivity contribution is -0.119. The number of ether oxygens (including phenoxy) is 2. The van der Waals surface area contributed by atoms with Crippen LogP contribution in [0.1, 0.15) is 24.5 Å². The molecule has 1 heterocycles. The van der Waals surface area contributed by atoms with Gasteiger partial charge in [0.15, 0.2) is 12.2 Å². The summed E-state index contributed by atoms with van der Waals surface area (Å²) < 4.78 is 16.9. The molecule has 7 nitrogen and oxygen atoms in total. The van der Waals surface area contributed by atoms with Gasteiger partial charge in [-0.1, -0.05) is 47.8 Å². The highest BCUT2D eigenvalue weighted by Gasteiger charge is 2.18. The molecule has 0 aliphatic rings. The van der Waals surface area contributed by atoms with Gasteiger partial charge in [-0.05, 0) is 55.3 Å². The van der Waals surface area contributed by atoms with E-state index in [4.69, 9.17) is 25.6 Å². The average molecular weight is 465 g/mol. The zero-order valence-electron chi connectivity index (χ0n) is 18.1. The number of aryl methyl sites for hydroxylation is 2. The first-order valence-electron chi connectivity index (χ1n) is 10.4. The van der Waals surface area contributed by atoms with Gasteiger partial charge in [0.1, 0.15) is 22.9 Å². The molecule has 3 aromatic carbocycles. The second kappa shape index (κ2) is 9.83. The Morgan fingerprint density at radius 1 is 1.09 bits per heavy atom. The summed E-state index contributed by atoms with van der Waals surface area (Å²) in [7, 11) is 0. The van der Waals surface area contributed by atoms with Crippen molar-refractivity contribution in [3.63, 3.8) is 0 Å². The number of nitroso groups, excluding NO2 is 1. The number of benzene rings is 3. The molecule has 0 unspecified atom stereocenters. The molecule has 33 heavy (non-hydrogen) atoms. The van der Waals surface area contributed by atoms with Crippen molar-refractivity contribution in [2.45, 2.75) is 26.7 Å². The summed E-state index contributed by atoms with van der Waals surface area (Å²) in [5.74, 6) is 0.803. The Balaban J connectivity index is 1.70. The molecule has 8 heteroatoms. The van der Waals surface area contributed by atoms with Crippen molar-refractivity contribution < 1.29 is 18.8 Å². The fourth-order valence-corrected chi connectivity index (χ4v) is 3.70. The maximum atomic E-state index is 11.2. The number of fused-ring (bicyclic) bond motifs is 1. The average Bonchev–Trinajstić information content (AvgIpc) is 3.21. The molecular formula is C25H21ClN2O5. The smallest absolute Gasteiger partial charge is 0.323 e. The summed E-state index contributed by atoms with van der Waals surface area (Å²) in [6, 6.07) is 16.9. The van der Waals surface area contributed by atoms with E-state index in [1.807, 2.05) is 49.4 Å². The first kappa shape index (κ1) is 22.5. The Kier molecular flexibility index (Phi) is 6.70. The third-order valence-electron chi connectivity index (χ3n) is 5.09. The number of carbonyl (C=O) groups excluding carboxylic acids is 1. The monoisotopic (exact) mass is 464 g/mol. The largest absolute Gasteiger partial charge is 0.482 e. The Morgan fingerprint density at radius 3 is 2.58 bits per heavy atom. The molecule has 1 aromatic heterocycles. The number of hydrogen-bond acceptors (Lipinski definition) is 6. The van der Waals surface area contributed by atoms with Gasteiger partial charge in [-0.25, -0.2) is 0 Å². The van der Waals surface area contributed by atoms with Crippen LogP contribution in [0.3, 0.4) is 0 Å². The Hall–Kier alpha value is -3.71. The summed E-state index contributed by atoms with van der Waals surface area (Å²) in [5, 5.41) is 7.49. The summed E-state index contributed by atoms with van der Waals surface area (Å²) >= 11 is 6.22. The summed E-state index contributed by atoms with van der Waals surface area (Å²) in [6.07, 6.45) is 1.74. The van der Waals surface area contributed by atoms with Crippen molar-refractivity contribution in [2.24, 2.45) is 5.18 Å². The first-order valence-corrected chi connectivity index (χ1v) is 10.8. The van der Waals surface area contributed by atoms with Gasteiger partial charge in [-0.15, -0.1) is 4.91 Å². The van der Waals surface area contributed by atoms with Crippen molar-refractivity contribution in [3.05, 3.63) is 75.7 Å². The highest BCUT2D eigenvalue weighted by Crippen LogP contribution is 2.38. The van der Waals surface area contributed by atoms with Crippen LogP contribution in [0, 0.1) is 11.8 Å². The zero-order chi connectivity index (χ0) is 23.4. The quantitative estimate of drug-likeness (QED) is 0.264. The van der Waals surface area contributed by atoms with Crippen molar-refractivity contribution in [2.75, 3.05) is 6.61 Å². The molecule has 0 fully saturated rings. The minimum atomic E-state index is -0.925. The maximum Gasteiger partial charge on any atom is 0.323 e. The van der Waals surface area contributed by atoms with Crippen LogP contribution in [0.2, 0.25) is 5.02 Å². The molecule has 0 saturated carbocycles. The number of halogens is 1. The van der Waals surface area contributed by atoms with Crippen LogP contribution in [0.25, 0.3) is 22.2 Å². The second-order valence-corrected chi connectivity index (χ2v) is 7.97. The summed E-state index contributed by atoms with van der Waals surface area (Å²) in [6.45, 7) is 3.63. The van der Waals surface area contributed by atoms with E-state index < -0.39 is 12.5 Å².